The van der Waals surface area contributed by atoms with E-state index in [1.165, 1.54) is 24.1 Å². The van der Waals surface area contributed by atoms with Crippen LogP contribution in [0.15, 0.2) is 11.2 Å². The quantitative estimate of drug-likeness (QED) is 0.328. The van der Waals surface area contributed by atoms with E-state index in [0.717, 1.165) is 38.2 Å². The van der Waals surface area contributed by atoms with Crippen LogP contribution in [0.4, 0.5) is 0 Å². The van der Waals surface area contributed by atoms with Crippen molar-refractivity contribution in [2.45, 2.75) is 72.0 Å². The van der Waals surface area contributed by atoms with Crippen molar-refractivity contribution in [3.05, 3.63) is 17.5 Å². The van der Waals surface area contributed by atoms with Gasteiger partial charge in [-0.3, -0.25) is 14.6 Å². The molecule has 1 saturated carbocycles. The number of guanidine groups is 1. The fourth-order valence-corrected chi connectivity index (χ4v) is 3.50. The first kappa shape index (κ1) is 24.2. The summed E-state index contributed by atoms with van der Waals surface area (Å²) in [4.78, 5) is 9.69. The highest BCUT2D eigenvalue weighted by molar-refractivity contribution is 14.0. The Morgan fingerprint density at radius 2 is 2.00 bits per heavy atom. The molecule has 1 aliphatic carbocycles. The molecule has 27 heavy (non-hydrogen) atoms. The van der Waals surface area contributed by atoms with E-state index >= 15 is 0 Å². The second-order valence-electron chi connectivity index (χ2n) is 8.02. The van der Waals surface area contributed by atoms with Gasteiger partial charge in [0.15, 0.2) is 5.96 Å². The fraction of sp³-hybridized carbons (Fsp3) is 0.800. The highest BCUT2D eigenvalue weighted by Gasteiger charge is 2.30. The van der Waals surface area contributed by atoms with E-state index in [1.807, 2.05) is 11.7 Å². The fourth-order valence-electron chi connectivity index (χ4n) is 3.50. The zero-order valence-corrected chi connectivity index (χ0v) is 20.5. The molecule has 1 aromatic rings. The maximum atomic E-state index is 4.89. The van der Waals surface area contributed by atoms with Gasteiger partial charge in [-0.1, -0.05) is 13.8 Å². The van der Waals surface area contributed by atoms with Crippen LogP contribution in [0.5, 0.6) is 0 Å². The number of aryl methyl sites for hydroxylation is 1. The maximum Gasteiger partial charge on any atom is 0.194 e. The summed E-state index contributed by atoms with van der Waals surface area (Å²) in [6, 6.07) is 1.39. The maximum absolute atomic E-state index is 4.89. The summed E-state index contributed by atoms with van der Waals surface area (Å²) in [7, 11) is 4.10. The summed E-state index contributed by atoms with van der Waals surface area (Å²) in [6.45, 7) is 14.7. The molecule has 0 amide bonds. The molecule has 0 bridgehead atoms. The minimum atomic E-state index is 0. The molecule has 1 fully saturated rings. The average Bonchev–Trinajstić information content (AvgIpc) is 3.32. The van der Waals surface area contributed by atoms with Crippen LogP contribution in [0.25, 0.3) is 0 Å². The lowest BCUT2D eigenvalue weighted by molar-refractivity contribution is 0.217. The Balaban J connectivity index is 0.00000364. The Morgan fingerprint density at radius 3 is 2.52 bits per heavy atom. The minimum Gasteiger partial charge on any atom is -0.357 e. The van der Waals surface area contributed by atoms with Crippen LogP contribution in [-0.2, 0) is 13.6 Å². The predicted octanol–water partition coefficient (Wildman–Crippen LogP) is 3.43. The first-order chi connectivity index (χ1) is 12.3. The van der Waals surface area contributed by atoms with Crippen LogP contribution >= 0.6 is 24.0 Å². The molecule has 1 aromatic heterocycles. The standard InChI is InChI=1S/C20H38N6.HI/c1-8-21-20(22-11-12-26(16(4)5)18-9-10-18)24(6)13-17-14-25(7)23-19(17)15(2)3;/h14-16,18H,8-13H2,1-7H3,(H,21,22);1H. The van der Waals surface area contributed by atoms with Crippen LogP contribution in [0.2, 0.25) is 0 Å². The summed E-state index contributed by atoms with van der Waals surface area (Å²) >= 11 is 0. The lowest BCUT2D eigenvalue weighted by atomic mass is 10.1. The molecule has 0 saturated heterocycles. The predicted molar refractivity (Wildman–Crippen MR) is 125 cm³/mol. The molecule has 7 heteroatoms. The molecule has 1 N–H and O–H groups in total. The van der Waals surface area contributed by atoms with Gasteiger partial charge in [0, 0.05) is 57.6 Å². The van der Waals surface area contributed by atoms with Crippen LogP contribution in [-0.4, -0.2) is 64.3 Å². The van der Waals surface area contributed by atoms with Gasteiger partial charge in [0.05, 0.1) is 12.2 Å². The molecule has 0 aliphatic heterocycles. The van der Waals surface area contributed by atoms with Gasteiger partial charge in [-0.25, -0.2) is 0 Å². The summed E-state index contributed by atoms with van der Waals surface area (Å²) in [5, 5.41) is 8.06. The molecule has 2 rings (SSSR count). The Morgan fingerprint density at radius 1 is 1.33 bits per heavy atom. The van der Waals surface area contributed by atoms with Gasteiger partial charge >= 0.3 is 0 Å². The first-order valence-corrected chi connectivity index (χ1v) is 10.1. The van der Waals surface area contributed by atoms with Crippen molar-refractivity contribution < 1.29 is 0 Å². The van der Waals surface area contributed by atoms with Gasteiger partial charge in [0.25, 0.3) is 0 Å². The largest absolute Gasteiger partial charge is 0.357 e. The van der Waals surface area contributed by atoms with Gasteiger partial charge in [0.1, 0.15) is 0 Å². The molecule has 0 unspecified atom stereocenters. The van der Waals surface area contributed by atoms with E-state index in [-0.39, 0.29) is 24.0 Å². The normalized spacial score (nSPS) is 14.8. The van der Waals surface area contributed by atoms with E-state index in [9.17, 15) is 0 Å². The number of aromatic nitrogens is 2. The van der Waals surface area contributed by atoms with E-state index in [2.05, 4.69) is 68.1 Å². The molecule has 6 nitrogen and oxygen atoms in total. The van der Waals surface area contributed by atoms with Gasteiger partial charge in [0.2, 0.25) is 0 Å². The van der Waals surface area contributed by atoms with Crippen molar-refractivity contribution in [1.29, 1.82) is 0 Å². The van der Waals surface area contributed by atoms with E-state index < -0.39 is 0 Å². The summed E-state index contributed by atoms with van der Waals surface area (Å²) < 4.78 is 1.92. The second kappa shape index (κ2) is 11.2. The Kier molecular flexibility index (Phi) is 10.1. The van der Waals surface area contributed by atoms with Crippen molar-refractivity contribution in [1.82, 2.24) is 24.9 Å². The smallest absolute Gasteiger partial charge is 0.194 e. The van der Waals surface area contributed by atoms with Gasteiger partial charge in [-0.05, 0) is 39.5 Å². The van der Waals surface area contributed by atoms with Crippen molar-refractivity contribution in [3.8, 4) is 0 Å². The third-order valence-electron chi connectivity index (χ3n) is 4.89. The third-order valence-corrected chi connectivity index (χ3v) is 4.89. The van der Waals surface area contributed by atoms with E-state index in [1.54, 1.807) is 0 Å². The summed E-state index contributed by atoms with van der Waals surface area (Å²) in [5.41, 5.74) is 2.45. The van der Waals surface area contributed by atoms with Crippen molar-refractivity contribution >= 4 is 29.9 Å². The van der Waals surface area contributed by atoms with Gasteiger partial charge in [-0.2, -0.15) is 5.10 Å². The SMILES string of the molecule is CCNC(=NCCN(C(C)C)C1CC1)N(C)Cc1cn(C)nc1C(C)C.I. The third kappa shape index (κ3) is 7.25. The monoisotopic (exact) mass is 490 g/mol. The Bertz CT molecular complexity index is 589. The molecule has 0 aromatic carbocycles. The van der Waals surface area contributed by atoms with Gasteiger partial charge in [-0.15, -0.1) is 24.0 Å². The number of halogens is 1. The Labute approximate surface area is 182 Å². The number of aliphatic imine (C=N–C) groups is 1. The topological polar surface area (TPSA) is 48.7 Å². The number of nitrogens with one attached hydrogen (secondary N) is 1. The molecular formula is C20H39IN6. The molecule has 0 radical (unpaired) electrons. The van der Waals surface area contributed by atoms with Crippen molar-refractivity contribution in [2.24, 2.45) is 12.0 Å². The number of hydrogen-bond acceptors (Lipinski definition) is 3. The van der Waals surface area contributed by atoms with E-state index in [0.29, 0.717) is 12.0 Å². The highest BCUT2D eigenvalue weighted by Crippen LogP contribution is 2.28. The van der Waals surface area contributed by atoms with Crippen LogP contribution < -0.4 is 5.32 Å². The molecule has 0 atom stereocenters. The lowest BCUT2D eigenvalue weighted by Crippen LogP contribution is -2.40. The summed E-state index contributed by atoms with van der Waals surface area (Å²) in [6.07, 6.45) is 4.82. The first-order valence-electron chi connectivity index (χ1n) is 10.1. The number of nitrogens with zero attached hydrogens (tertiary/aromatic N) is 5. The zero-order valence-electron chi connectivity index (χ0n) is 18.2. The van der Waals surface area contributed by atoms with Crippen LogP contribution in [0, 0.1) is 0 Å². The molecular weight excluding hydrogens is 451 g/mol. The number of hydrogen-bond donors (Lipinski definition) is 1. The van der Waals surface area contributed by atoms with Crippen LogP contribution in [0.1, 0.15) is 64.6 Å². The molecule has 1 heterocycles. The Hall–Kier alpha value is -0.830. The van der Waals surface area contributed by atoms with Crippen molar-refractivity contribution in [2.75, 3.05) is 26.7 Å². The number of rotatable bonds is 9. The van der Waals surface area contributed by atoms with Gasteiger partial charge < -0.3 is 10.2 Å². The zero-order chi connectivity index (χ0) is 19.3. The molecule has 0 spiro atoms. The van der Waals surface area contributed by atoms with E-state index in [4.69, 9.17) is 4.99 Å². The molecule has 1 aliphatic rings. The lowest BCUT2D eigenvalue weighted by Gasteiger charge is -2.26. The second-order valence-corrected chi connectivity index (χ2v) is 8.02. The van der Waals surface area contributed by atoms with Crippen LogP contribution in [0.3, 0.4) is 0 Å². The summed E-state index contributed by atoms with van der Waals surface area (Å²) in [5.74, 6) is 1.41. The highest BCUT2D eigenvalue weighted by atomic mass is 127. The van der Waals surface area contributed by atoms with Crippen molar-refractivity contribution in [3.63, 3.8) is 0 Å². The minimum absolute atomic E-state index is 0. The average molecular weight is 490 g/mol. The molecule has 156 valence electrons.